The molecule has 4 rings (SSSR count). The van der Waals surface area contributed by atoms with Gasteiger partial charge in [-0.15, -0.1) is 0 Å². The van der Waals surface area contributed by atoms with Crippen LogP contribution in [-0.2, 0) is 9.59 Å². The zero-order valence-corrected chi connectivity index (χ0v) is 14.3. The summed E-state index contributed by atoms with van der Waals surface area (Å²) in [6, 6.07) is 0. The maximum Gasteiger partial charge on any atom is 0.184 e. The highest BCUT2D eigenvalue weighted by Crippen LogP contribution is 2.63. The minimum absolute atomic E-state index is 0.0899. The number of carbonyl (C=O) groups excluding carboxylic acids is 2. The monoisotopic (exact) mass is 316 g/mol. The van der Waals surface area contributed by atoms with E-state index in [0.29, 0.717) is 35.9 Å². The molecule has 4 aliphatic rings. The van der Waals surface area contributed by atoms with Crippen molar-refractivity contribution in [2.24, 2.45) is 35.0 Å². The number of hydrogen-bond donors (Lipinski definition) is 1. The van der Waals surface area contributed by atoms with Crippen LogP contribution in [0.1, 0.15) is 58.8 Å². The fourth-order valence-corrected chi connectivity index (χ4v) is 6.83. The Morgan fingerprint density at radius 2 is 2.00 bits per heavy atom. The molecule has 3 saturated carbocycles. The van der Waals surface area contributed by atoms with Gasteiger partial charge < -0.3 is 5.11 Å². The summed E-state index contributed by atoms with van der Waals surface area (Å²) < 4.78 is 0. The zero-order chi connectivity index (χ0) is 16.4. The highest BCUT2D eigenvalue weighted by atomic mass is 16.3. The lowest BCUT2D eigenvalue weighted by Gasteiger charge is -2.54. The van der Waals surface area contributed by atoms with E-state index >= 15 is 0 Å². The zero-order valence-electron chi connectivity index (χ0n) is 14.3. The van der Waals surface area contributed by atoms with Crippen LogP contribution in [0.4, 0.5) is 0 Å². The first-order chi connectivity index (χ1) is 10.9. The highest BCUT2D eigenvalue weighted by molar-refractivity contribution is 5.95. The SMILES string of the molecule is CC(=O)[C@H]1CC[C@H]2[C@@H]3CCC4=CC(=O)C(O)C[C@@H]4[C@H]3CC[C@]12C. The van der Waals surface area contributed by atoms with Gasteiger partial charge in [-0.05, 0) is 87.0 Å². The molecule has 7 atom stereocenters. The predicted molar refractivity (Wildman–Crippen MR) is 87.7 cm³/mol. The molecule has 0 spiro atoms. The second-order valence-corrected chi connectivity index (χ2v) is 8.74. The molecule has 1 unspecified atom stereocenters. The summed E-state index contributed by atoms with van der Waals surface area (Å²) in [4.78, 5) is 23.9. The number of carbonyl (C=O) groups is 2. The number of allylic oxidation sites excluding steroid dienone is 1. The lowest BCUT2D eigenvalue weighted by Crippen LogP contribution is -2.48. The van der Waals surface area contributed by atoms with Crippen LogP contribution >= 0.6 is 0 Å². The molecule has 126 valence electrons. The van der Waals surface area contributed by atoms with Gasteiger partial charge in [0, 0.05) is 5.92 Å². The molecular weight excluding hydrogens is 288 g/mol. The number of aliphatic hydroxyl groups excluding tert-OH is 1. The maximum atomic E-state index is 12.1. The molecule has 0 heterocycles. The Hall–Kier alpha value is -0.960. The number of fused-ring (bicyclic) bond motifs is 5. The molecule has 3 fully saturated rings. The van der Waals surface area contributed by atoms with Crippen molar-refractivity contribution in [1.29, 1.82) is 0 Å². The molecule has 0 aliphatic heterocycles. The summed E-state index contributed by atoms with van der Waals surface area (Å²) in [5.74, 6) is 2.90. The van der Waals surface area contributed by atoms with Gasteiger partial charge >= 0.3 is 0 Å². The summed E-state index contributed by atoms with van der Waals surface area (Å²) in [7, 11) is 0. The fourth-order valence-electron chi connectivity index (χ4n) is 6.83. The van der Waals surface area contributed by atoms with Crippen molar-refractivity contribution >= 4 is 11.6 Å². The molecule has 0 bridgehead atoms. The van der Waals surface area contributed by atoms with Crippen molar-refractivity contribution in [3.05, 3.63) is 11.6 Å². The number of rotatable bonds is 1. The predicted octanol–water partition coefficient (Wildman–Crippen LogP) is 3.30. The Kier molecular flexibility index (Phi) is 3.57. The van der Waals surface area contributed by atoms with E-state index in [1.54, 1.807) is 13.0 Å². The van der Waals surface area contributed by atoms with Crippen LogP contribution < -0.4 is 0 Å². The van der Waals surface area contributed by atoms with Crippen molar-refractivity contribution in [3.8, 4) is 0 Å². The van der Waals surface area contributed by atoms with E-state index in [0.717, 1.165) is 25.7 Å². The first-order valence-corrected chi connectivity index (χ1v) is 9.34. The van der Waals surface area contributed by atoms with Crippen LogP contribution in [0.2, 0.25) is 0 Å². The lowest BCUT2D eigenvalue weighted by molar-refractivity contribution is -0.129. The number of Topliss-reactive ketones (excluding diaryl/α,β-unsaturated/α-hetero) is 1. The second kappa shape index (κ2) is 5.27. The van der Waals surface area contributed by atoms with Crippen molar-refractivity contribution in [2.45, 2.75) is 64.9 Å². The standard InChI is InChI=1S/C20H28O3/c1-11(21)16-5-6-17-14-4-3-12-9-18(22)19(23)10-15(12)13(14)7-8-20(16,17)2/h9,13-17,19,23H,3-8,10H2,1-2H3/t13-,14+,15-,16+,17-,19?,20+/m0/s1. The van der Waals surface area contributed by atoms with E-state index < -0.39 is 6.10 Å². The number of hydrogen-bond acceptors (Lipinski definition) is 3. The van der Waals surface area contributed by atoms with Gasteiger partial charge in [0.2, 0.25) is 0 Å². The Labute approximate surface area is 138 Å². The Balaban J connectivity index is 1.62. The molecular formula is C20H28O3. The quantitative estimate of drug-likeness (QED) is 0.807. The number of ketones is 2. The average Bonchev–Trinajstić information content (AvgIpc) is 2.86. The van der Waals surface area contributed by atoms with E-state index in [9.17, 15) is 14.7 Å². The average molecular weight is 316 g/mol. The van der Waals surface area contributed by atoms with Gasteiger partial charge in [-0.2, -0.15) is 0 Å². The van der Waals surface area contributed by atoms with E-state index in [2.05, 4.69) is 6.92 Å². The first kappa shape index (κ1) is 15.6. The summed E-state index contributed by atoms with van der Waals surface area (Å²) >= 11 is 0. The van der Waals surface area contributed by atoms with Gasteiger partial charge in [-0.3, -0.25) is 9.59 Å². The van der Waals surface area contributed by atoms with Gasteiger partial charge in [0.05, 0.1) is 0 Å². The van der Waals surface area contributed by atoms with Gasteiger partial charge in [-0.1, -0.05) is 12.5 Å². The molecule has 3 nitrogen and oxygen atoms in total. The Morgan fingerprint density at radius 1 is 1.22 bits per heavy atom. The molecule has 1 N–H and O–H groups in total. The van der Waals surface area contributed by atoms with E-state index in [1.807, 2.05) is 0 Å². The topological polar surface area (TPSA) is 54.4 Å². The lowest BCUT2D eigenvalue weighted by atomic mass is 9.51. The normalized spacial score (nSPS) is 49.0. The Morgan fingerprint density at radius 3 is 2.74 bits per heavy atom. The maximum absolute atomic E-state index is 12.1. The van der Waals surface area contributed by atoms with Crippen LogP contribution in [0.15, 0.2) is 11.6 Å². The molecule has 23 heavy (non-hydrogen) atoms. The van der Waals surface area contributed by atoms with Crippen LogP contribution in [0.25, 0.3) is 0 Å². The molecule has 0 aromatic carbocycles. The van der Waals surface area contributed by atoms with E-state index in [-0.39, 0.29) is 17.1 Å². The van der Waals surface area contributed by atoms with Gasteiger partial charge in [0.25, 0.3) is 0 Å². The Bertz CT molecular complexity index is 577. The van der Waals surface area contributed by atoms with Crippen molar-refractivity contribution in [2.75, 3.05) is 0 Å². The summed E-state index contributed by atoms with van der Waals surface area (Å²) in [6.07, 6.45) is 8.32. The molecule has 0 amide bonds. The summed E-state index contributed by atoms with van der Waals surface area (Å²) in [5, 5.41) is 10.0. The molecule has 0 radical (unpaired) electrons. The minimum atomic E-state index is -0.788. The largest absolute Gasteiger partial charge is 0.385 e. The van der Waals surface area contributed by atoms with Crippen LogP contribution in [-0.4, -0.2) is 22.8 Å². The fraction of sp³-hybridized carbons (Fsp3) is 0.800. The second-order valence-electron chi connectivity index (χ2n) is 8.74. The van der Waals surface area contributed by atoms with Crippen LogP contribution in [0.5, 0.6) is 0 Å². The van der Waals surface area contributed by atoms with E-state index in [4.69, 9.17) is 0 Å². The van der Waals surface area contributed by atoms with Crippen LogP contribution in [0.3, 0.4) is 0 Å². The van der Waals surface area contributed by atoms with Crippen molar-refractivity contribution in [1.82, 2.24) is 0 Å². The van der Waals surface area contributed by atoms with E-state index in [1.165, 1.54) is 18.4 Å². The molecule has 0 aromatic heterocycles. The number of aliphatic hydroxyl groups is 1. The summed E-state index contributed by atoms with van der Waals surface area (Å²) in [5.41, 5.74) is 1.49. The molecule has 3 heteroatoms. The molecule has 0 saturated heterocycles. The van der Waals surface area contributed by atoms with Crippen molar-refractivity contribution < 1.29 is 14.7 Å². The third-order valence-electron chi connectivity index (χ3n) is 7.88. The third-order valence-corrected chi connectivity index (χ3v) is 7.88. The molecule has 0 aromatic rings. The first-order valence-electron chi connectivity index (χ1n) is 9.34. The molecule has 4 aliphatic carbocycles. The van der Waals surface area contributed by atoms with Crippen molar-refractivity contribution in [3.63, 3.8) is 0 Å². The van der Waals surface area contributed by atoms with Gasteiger partial charge in [0.15, 0.2) is 5.78 Å². The third kappa shape index (κ3) is 2.19. The highest BCUT2D eigenvalue weighted by Gasteiger charge is 2.57. The smallest absolute Gasteiger partial charge is 0.184 e. The van der Waals surface area contributed by atoms with Gasteiger partial charge in [0.1, 0.15) is 11.9 Å². The minimum Gasteiger partial charge on any atom is -0.385 e. The summed E-state index contributed by atoms with van der Waals surface area (Å²) in [6.45, 7) is 4.13. The van der Waals surface area contributed by atoms with Crippen LogP contribution in [0, 0.1) is 35.0 Å². The van der Waals surface area contributed by atoms with Gasteiger partial charge in [-0.25, -0.2) is 0 Å².